The summed E-state index contributed by atoms with van der Waals surface area (Å²) in [6.07, 6.45) is 0. The second-order valence-electron chi connectivity index (χ2n) is 7.32. The van der Waals surface area contributed by atoms with E-state index in [9.17, 15) is 4.79 Å². The van der Waals surface area contributed by atoms with E-state index in [1.54, 1.807) is 11.3 Å². The molecule has 0 spiro atoms. The average Bonchev–Trinajstić information content (AvgIpc) is 3.21. The van der Waals surface area contributed by atoms with Gasteiger partial charge in [-0.3, -0.25) is 4.79 Å². The van der Waals surface area contributed by atoms with Crippen LogP contribution in [0, 0.1) is 6.92 Å². The predicted octanol–water partition coefficient (Wildman–Crippen LogP) is 5.37. The van der Waals surface area contributed by atoms with E-state index in [1.165, 1.54) is 0 Å². The van der Waals surface area contributed by atoms with Crippen LogP contribution in [0.3, 0.4) is 0 Å². The number of carbonyl (C=O) groups is 1. The minimum atomic E-state index is 0.105. The molecule has 1 saturated heterocycles. The number of rotatable bonds is 2. The van der Waals surface area contributed by atoms with Crippen molar-refractivity contribution < 1.29 is 4.79 Å². The van der Waals surface area contributed by atoms with Gasteiger partial charge in [-0.05, 0) is 41.5 Å². The van der Waals surface area contributed by atoms with Crippen LogP contribution in [0.5, 0.6) is 0 Å². The van der Waals surface area contributed by atoms with E-state index < -0.39 is 0 Å². The van der Waals surface area contributed by atoms with Gasteiger partial charge >= 0.3 is 0 Å². The Bertz CT molecular complexity index is 1220. The molecule has 146 valence electrons. The lowest BCUT2D eigenvalue weighted by molar-refractivity contribution is 0.0749. The van der Waals surface area contributed by atoms with Gasteiger partial charge in [0, 0.05) is 36.8 Å². The average molecular weight is 422 g/mol. The Morgan fingerprint density at radius 2 is 1.76 bits per heavy atom. The molecule has 6 heteroatoms. The fourth-order valence-corrected chi connectivity index (χ4v) is 5.14. The van der Waals surface area contributed by atoms with Crippen molar-refractivity contribution in [3.8, 4) is 0 Å². The molecule has 0 saturated carbocycles. The van der Waals surface area contributed by atoms with Gasteiger partial charge in [0.1, 0.15) is 0 Å². The summed E-state index contributed by atoms with van der Waals surface area (Å²) in [4.78, 5) is 22.2. The first-order chi connectivity index (χ1) is 14.1. The molecule has 0 bridgehead atoms. The first-order valence-corrected chi connectivity index (χ1v) is 10.9. The quantitative estimate of drug-likeness (QED) is 0.436. The molecule has 0 aliphatic carbocycles. The number of aromatic nitrogens is 1. The van der Waals surface area contributed by atoms with E-state index in [1.807, 2.05) is 66.4 Å². The molecule has 1 amide bonds. The van der Waals surface area contributed by atoms with Gasteiger partial charge in [-0.2, -0.15) is 0 Å². The summed E-state index contributed by atoms with van der Waals surface area (Å²) in [6.45, 7) is 4.95. The number of thiazole rings is 1. The molecule has 4 nitrogen and oxygen atoms in total. The fourth-order valence-electron chi connectivity index (χ4n) is 3.91. The summed E-state index contributed by atoms with van der Waals surface area (Å²) in [5.41, 5.74) is 2.78. The van der Waals surface area contributed by atoms with Crippen molar-refractivity contribution in [3.63, 3.8) is 0 Å². The molecule has 2 heterocycles. The molecule has 0 N–H and O–H groups in total. The van der Waals surface area contributed by atoms with Crippen molar-refractivity contribution >= 4 is 55.0 Å². The molecule has 4 aromatic rings. The topological polar surface area (TPSA) is 36.4 Å². The molecule has 1 aromatic heterocycles. The smallest absolute Gasteiger partial charge is 0.254 e. The molecule has 29 heavy (non-hydrogen) atoms. The Labute approximate surface area is 178 Å². The van der Waals surface area contributed by atoms with Gasteiger partial charge in [0.05, 0.1) is 10.2 Å². The second kappa shape index (κ2) is 7.32. The molecule has 3 aromatic carbocycles. The van der Waals surface area contributed by atoms with Crippen LogP contribution in [-0.4, -0.2) is 42.0 Å². The highest BCUT2D eigenvalue weighted by atomic mass is 35.5. The Balaban J connectivity index is 1.35. The number of hydrogen-bond acceptors (Lipinski definition) is 4. The molecule has 0 atom stereocenters. The van der Waals surface area contributed by atoms with Gasteiger partial charge in [0.2, 0.25) is 0 Å². The highest BCUT2D eigenvalue weighted by Crippen LogP contribution is 2.34. The maximum absolute atomic E-state index is 13.2. The number of anilines is 1. The Hall–Kier alpha value is -2.63. The molecule has 0 unspecified atom stereocenters. The Kier molecular flexibility index (Phi) is 4.64. The van der Waals surface area contributed by atoms with Crippen molar-refractivity contribution in [1.82, 2.24) is 9.88 Å². The molecule has 1 aliphatic rings. The van der Waals surface area contributed by atoms with Gasteiger partial charge in [0.25, 0.3) is 5.91 Å². The van der Waals surface area contributed by atoms with Crippen LogP contribution in [0.15, 0.2) is 54.6 Å². The predicted molar refractivity (Wildman–Crippen MR) is 121 cm³/mol. The third-order valence-electron chi connectivity index (χ3n) is 5.59. The number of nitrogens with zero attached hydrogens (tertiary/aromatic N) is 3. The normalized spacial score (nSPS) is 14.7. The Morgan fingerprint density at radius 1 is 1.00 bits per heavy atom. The zero-order valence-electron chi connectivity index (χ0n) is 16.1. The van der Waals surface area contributed by atoms with Gasteiger partial charge in [-0.1, -0.05) is 59.3 Å². The summed E-state index contributed by atoms with van der Waals surface area (Å²) >= 11 is 7.93. The molecule has 5 rings (SSSR count). The van der Waals surface area contributed by atoms with Gasteiger partial charge in [0.15, 0.2) is 5.13 Å². The minimum absolute atomic E-state index is 0.105. The lowest BCUT2D eigenvalue weighted by atomic mass is 10.0. The first-order valence-electron chi connectivity index (χ1n) is 9.69. The van der Waals surface area contributed by atoms with Crippen LogP contribution in [0.1, 0.15) is 15.9 Å². The van der Waals surface area contributed by atoms with Crippen molar-refractivity contribution in [1.29, 1.82) is 0 Å². The van der Waals surface area contributed by atoms with Crippen LogP contribution < -0.4 is 4.90 Å². The zero-order chi connectivity index (χ0) is 20.0. The van der Waals surface area contributed by atoms with Crippen LogP contribution in [0.4, 0.5) is 5.13 Å². The molecular formula is C23H20ClN3OS. The van der Waals surface area contributed by atoms with E-state index in [2.05, 4.69) is 4.90 Å². The number of hydrogen-bond donors (Lipinski definition) is 0. The number of piperazine rings is 1. The highest BCUT2D eigenvalue weighted by molar-refractivity contribution is 7.22. The monoisotopic (exact) mass is 421 g/mol. The first kappa shape index (κ1) is 18.4. The van der Waals surface area contributed by atoms with Crippen molar-refractivity contribution in [3.05, 3.63) is 70.7 Å². The fraction of sp³-hybridized carbons (Fsp3) is 0.217. The van der Waals surface area contributed by atoms with Crippen LogP contribution in [0.2, 0.25) is 5.02 Å². The van der Waals surface area contributed by atoms with E-state index in [0.29, 0.717) is 13.1 Å². The van der Waals surface area contributed by atoms with Crippen molar-refractivity contribution in [2.75, 3.05) is 31.1 Å². The van der Waals surface area contributed by atoms with Crippen LogP contribution in [-0.2, 0) is 0 Å². The lowest BCUT2D eigenvalue weighted by Crippen LogP contribution is -2.48. The highest BCUT2D eigenvalue weighted by Gasteiger charge is 2.25. The third-order valence-corrected chi connectivity index (χ3v) is 7.08. The maximum Gasteiger partial charge on any atom is 0.254 e. The molecule has 1 aliphatic heterocycles. The zero-order valence-corrected chi connectivity index (χ0v) is 17.6. The third kappa shape index (κ3) is 3.24. The number of halogens is 1. The second-order valence-corrected chi connectivity index (χ2v) is 8.74. The van der Waals surface area contributed by atoms with Crippen molar-refractivity contribution in [2.45, 2.75) is 6.92 Å². The summed E-state index contributed by atoms with van der Waals surface area (Å²) in [5.74, 6) is 0.105. The summed E-state index contributed by atoms with van der Waals surface area (Å²) in [6, 6.07) is 18.0. The number of carbonyl (C=O) groups excluding carboxylic acids is 1. The van der Waals surface area contributed by atoms with E-state index >= 15 is 0 Å². The van der Waals surface area contributed by atoms with Gasteiger partial charge < -0.3 is 9.80 Å². The van der Waals surface area contributed by atoms with E-state index in [-0.39, 0.29) is 5.91 Å². The Morgan fingerprint density at radius 3 is 2.59 bits per heavy atom. The molecular weight excluding hydrogens is 402 g/mol. The van der Waals surface area contributed by atoms with Crippen LogP contribution >= 0.6 is 22.9 Å². The number of amides is 1. The van der Waals surface area contributed by atoms with E-state index in [0.717, 1.165) is 55.4 Å². The standard InChI is InChI=1S/C23H20ClN3OS/c1-15-19(24)9-10-20-21(15)25-23(29-20)27-13-11-26(12-14-27)22(28)18-8-4-6-16-5-2-3-7-17(16)18/h2-10H,11-14H2,1H3. The molecule has 0 radical (unpaired) electrons. The van der Waals surface area contributed by atoms with Gasteiger partial charge in [-0.25, -0.2) is 4.98 Å². The van der Waals surface area contributed by atoms with Crippen LogP contribution in [0.25, 0.3) is 21.0 Å². The largest absolute Gasteiger partial charge is 0.345 e. The lowest BCUT2D eigenvalue weighted by Gasteiger charge is -2.34. The van der Waals surface area contributed by atoms with Gasteiger partial charge in [-0.15, -0.1) is 0 Å². The SMILES string of the molecule is Cc1c(Cl)ccc2sc(N3CCN(C(=O)c4cccc5ccccc45)CC3)nc12. The van der Waals surface area contributed by atoms with Crippen molar-refractivity contribution in [2.24, 2.45) is 0 Å². The summed E-state index contributed by atoms with van der Waals surface area (Å²) in [7, 11) is 0. The number of aryl methyl sites for hydroxylation is 1. The number of fused-ring (bicyclic) bond motifs is 2. The molecule has 1 fully saturated rings. The number of benzene rings is 3. The maximum atomic E-state index is 13.2. The summed E-state index contributed by atoms with van der Waals surface area (Å²) < 4.78 is 1.15. The van der Waals surface area contributed by atoms with E-state index in [4.69, 9.17) is 16.6 Å². The summed E-state index contributed by atoms with van der Waals surface area (Å²) in [5, 5.41) is 3.86. The minimum Gasteiger partial charge on any atom is -0.345 e.